The summed E-state index contributed by atoms with van der Waals surface area (Å²) in [5.74, 6) is 0.913. The Morgan fingerprint density at radius 3 is 2.80 bits per heavy atom. The average molecular weight is 217 g/mol. The van der Waals surface area contributed by atoms with Gasteiger partial charge in [0, 0.05) is 17.4 Å². The highest BCUT2D eigenvalue weighted by Crippen LogP contribution is 2.14. The highest BCUT2D eigenvalue weighted by atomic mass is 32.2. The minimum atomic E-state index is 0.471. The first-order chi connectivity index (χ1) is 7.33. The molecule has 2 heteroatoms. The van der Waals surface area contributed by atoms with E-state index in [2.05, 4.69) is 37.3 Å². The lowest BCUT2D eigenvalue weighted by Crippen LogP contribution is -1.91. The molecule has 78 valence electrons. The van der Waals surface area contributed by atoms with Crippen molar-refractivity contribution in [3.63, 3.8) is 0 Å². The molecule has 1 aromatic rings. The molecule has 0 radical (unpaired) electrons. The molecule has 0 fully saturated rings. The fraction of sp³-hybridized carbons (Fsp3) is 0.308. The first-order valence-corrected chi connectivity index (χ1v) is 6.09. The van der Waals surface area contributed by atoms with Crippen LogP contribution in [0.5, 0.6) is 0 Å². The van der Waals surface area contributed by atoms with E-state index in [-0.39, 0.29) is 0 Å². The molecule has 0 heterocycles. The molecule has 0 N–H and O–H groups in total. The smallest absolute Gasteiger partial charge is 0.0630 e. The van der Waals surface area contributed by atoms with Crippen LogP contribution >= 0.6 is 11.8 Å². The van der Waals surface area contributed by atoms with E-state index in [0.29, 0.717) is 11.7 Å². The maximum absolute atomic E-state index is 8.41. The van der Waals surface area contributed by atoms with E-state index in [4.69, 9.17) is 5.26 Å². The highest BCUT2D eigenvalue weighted by molar-refractivity contribution is 8.00. The van der Waals surface area contributed by atoms with E-state index >= 15 is 0 Å². The Labute approximate surface area is 95.8 Å². The molecule has 0 spiro atoms. The minimum absolute atomic E-state index is 0.471. The number of hydrogen-bond donors (Lipinski definition) is 0. The molecular weight excluding hydrogens is 202 g/mol. The van der Waals surface area contributed by atoms with E-state index < -0.39 is 0 Å². The van der Waals surface area contributed by atoms with Crippen molar-refractivity contribution in [2.45, 2.75) is 18.6 Å². The fourth-order valence-corrected chi connectivity index (χ4v) is 1.93. The zero-order valence-electron chi connectivity index (χ0n) is 8.89. The second-order valence-corrected chi connectivity index (χ2v) is 4.74. The van der Waals surface area contributed by atoms with E-state index in [9.17, 15) is 0 Å². The van der Waals surface area contributed by atoms with Gasteiger partial charge in [-0.05, 0) is 12.5 Å². The Bertz CT molecular complexity index is 337. The van der Waals surface area contributed by atoms with E-state index in [1.54, 1.807) is 0 Å². The highest BCUT2D eigenvalue weighted by Gasteiger charge is 1.96. The van der Waals surface area contributed by atoms with Crippen LogP contribution in [0.1, 0.15) is 18.9 Å². The van der Waals surface area contributed by atoms with Gasteiger partial charge in [0.1, 0.15) is 0 Å². The molecule has 0 bridgehead atoms. The quantitative estimate of drug-likeness (QED) is 0.702. The molecule has 0 aromatic heterocycles. The van der Waals surface area contributed by atoms with E-state index in [1.807, 2.05) is 30.0 Å². The van der Waals surface area contributed by atoms with Gasteiger partial charge in [-0.3, -0.25) is 0 Å². The molecule has 15 heavy (non-hydrogen) atoms. The predicted octanol–water partition coefficient (Wildman–Crippen LogP) is 3.74. The van der Waals surface area contributed by atoms with Crippen LogP contribution in [0, 0.1) is 11.3 Å². The molecule has 0 amide bonds. The first kappa shape index (κ1) is 11.9. The van der Waals surface area contributed by atoms with Gasteiger partial charge in [0.25, 0.3) is 0 Å². The lowest BCUT2D eigenvalue weighted by molar-refractivity contribution is 1.20. The number of thioether (sulfide) groups is 1. The van der Waals surface area contributed by atoms with Crippen LogP contribution in [0.2, 0.25) is 0 Å². The van der Waals surface area contributed by atoms with Crippen LogP contribution in [0.3, 0.4) is 0 Å². The van der Waals surface area contributed by atoms with Gasteiger partial charge >= 0.3 is 0 Å². The van der Waals surface area contributed by atoms with Crippen LogP contribution < -0.4 is 0 Å². The van der Waals surface area contributed by atoms with Gasteiger partial charge in [-0.25, -0.2) is 0 Å². The molecule has 1 unspecified atom stereocenters. The maximum atomic E-state index is 8.41. The maximum Gasteiger partial charge on any atom is 0.0630 e. The molecule has 0 saturated heterocycles. The minimum Gasteiger partial charge on any atom is -0.198 e. The van der Waals surface area contributed by atoms with Gasteiger partial charge in [-0.1, -0.05) is 42.5 Å². The number of benzene rings is 1. The molecular formula is C13H15NS. The van der Waals surface area contributed by atoms with Gasteiger partial charge in [0.15, 0.2) is 0 Å². The first-order valence-electron chi connectivity index (χ1n) is 5.04. The topological polar surface area (TPSA) is 23.8 Å². The Balaban J connectivity index is 2.35. The van der Waals surface area contributed by atoms with E-state index in [1.165, 1.54) is 5.56 Å². The van der Waals surface area contributed by atoms with Gasteiger partial charge in [-0.2, -0.15) is 17.0 Å². The third-order valence-electron chi connectivity index (χ3n) is 1.95. The second kappa shape index (κ2) is 7.14. The zero-order chi connectivity index (χ0) is 10.9. The number of hydrogen-bond acceptors (Lipinski definition) is 2. The molecule has 1 aromatic carbocycles. The van der Waals surface area contributed by atoms with Crippen molar-refractivity contribution in [2.24, 2.45) is 0 Å². The Hall–Kier alpha value is -1.20. The van der Waals surface area contributed by atoms with Crippen molar-refractivity contribution in [2.75, 3.05) is 5.75 Å². The van der Waals surface area contributed by atoms with Crippen molar-refractivity contribution in [1.29, 1.82) is 5.26 Å². The van der Waals surface area contributed by atoms with Crippen molar-refractivity contribution in [1.82, 2.24) is 0 Å². The van der Waals surface area contributed by atoms with Crippen LogP contribution in [0.4, 0.5) is 0 Å². The van der Waals surface area contributed by atoms with Gasteiger partial charge in [-0.15, -0.1) is 0 Å². The monoisotopic (exact) mass is 217 g/mol. The summed E-state index contributed by atoms with van der Waals surface area (Å²) in [7, 11) is 0. The standard InChI is InChI=1S/C13H15NS/c1-12(15-11-5-10-14)8-9-13-6-3-2-4-7-13/h2-4,6-9,12H,5,11H2,1H3/b9-8+. The van der Waals surface area contributed by atoms with Crippen LogP contribution in [-0.4, -0.2) is 11.0 Å². The van der Waals surface area contributed by atoms with Crippen LogP contribution in [0.25, 0.3) is 6.08 Å². The molecule has 1 atom stereocenters. The summed E-state index contributed by atoms with van der Waals surface area (Å²) in [4.78, 5) is 0. The largest absolute Gasteiger partial charge is 0.198 e. The molecule has 1 nitrogen and oxygen atoms in total. The SMILES string of the molecule is CC(/C=C/c1ccccc1)SCCC#N. The molecule has 0 aliphatic heterocycles. The summed E-state index contributed by atoms with van der Waals surface area (Å²) < 4.78 is 0. The Morgan fingerprint density at radius 1 is 1.40 bits per heavy atom. The summed E-state index contributed by atoms with van der Waals surface area (Å²) in [5.41, 5.74) is 1.23. The summed E-state index contributed by atoms with van der Waals surface area (Å²) in [6, 6.07) is 12.4. The number of nitrogens with zero attached hydrogens (tertiary/aromatic N) is 1. The summed E-state index contributed by atoms with van der Waals surface area (Å²) in [6.07, 6.45) is 4.94. The van der Waals surface area contributed by atoms with E-state index in [0.717, 1.165) is 5.75 Å². The summed E-state index contributed by atoms with van der Waals surface area (Å²) in [6.45, 7) is 2.15. The molecule has 1 rings (SSSR count). The van der Waals surface area contributed by atoms with Gasteiger partial charge in [0.05, 0.1) is 6.07 Å². The fourth-order valence-electron chi connectivity index (χ4n) is 1.16. The lowest BCUT2D eigenvalue weighted by atomic mass is 10.2. The Morgan fingerprint density at radius 2 is 2.13 bits per heavy atom. The van der Waals surface area contributed by atoms with Crippen LogP contribution in [0.15, 0.2) is 36.4 Å². The van der Waals surface area contributed by atoms with Crippen LogP contribution in [-0.2, 0) is 0 Å². The molecule has 0 aliphatic rings. The Kier molecular flexibility index (Phi) is 5.65. The number of nitriles is 1. The van der Waals surface area contributed by atoms with Crippen molar-refractivity contribution in [3.8, 4) is 6.07 Å². The zero-order valence-corrected chi connectivity index (χ0v) is 9.70. The lowest BCUT2D eigenvalue weighted by Gasteiger charge is -2.03. The third kappa shape index (κ3) is 5.29. The van der Waals surface area contributed by atoms with Crippen molar-refractivity contribution in [3.05, 3.63) is 42.0 Å². The predicted molar refractivity (Wildman–Crippen MR) is 67.6 cm³/mol. The summed E-state index contributed by atoms with van der Waals surface area (Å²) in [5, 5.41) is 8.88. The van der Waals surface area contributed by atoms with Gasteiger partial charge < -0.3 is 0 Å². The molecule has 0 aliphatic carbocycles. The molecule has 0 saturated carbocycles. The van der Waals surface area contributed by atoms with Gasteiger partial charge in [0.2, 0.25) is 0 Å². The second-order valence-electron chi connectivity index (χ2n) is 3.25. The normalized spacial score (nSPS) is 12.5. The van der Waals surface area contributed by atoms with Crippen molar-refractivity contribution < 1.29 is 0 Å². The summed E-state index contributed by atoms with van der Waals surface area (Å²) >= 11 is 1.81. The number of rotatable bonds is 5. The third-order valence-corrected chi connectivity index (χ3v) is 3.08. The average Bonchev–Trinajstić information content (AvgIpc) is 2.28. The van der Waals surface area contributed by atoms with Crippen molar-refractivity contribution >= 4 is 17.8 Å².